The average Bonchev–Trinajstić information content (AvgIpc) is 3.45. The summed E-state index contributed by atoms with van der Waals surface area (Å²) in [5.74, 6) is -0.445. The third kappa shape index (κ3) is 4.74. The highest BCUT2D eigenvalue weighted by molar-refractivity contribution is 6.17. The number of ketones is 1. The number of para-hydroxylation sites is 1. The van der Waals surface area contributed by atoms with Crippen LogP contribution in [-0.4, -0.2) is 46.3 Å². The molecule has 1 amide bonds. The van der Waals surface area contributed by atoms with E-state index in [-0.39, 0.29) is 17.5 Å². The number of carbonyl (C=O) groups is 2. The highest BCUT2D eigenvalue weighted by Crippen LogP contribution is 2.45. The second-order valence-corrected chi connectivity index (χ2v) is 9.51. The van der Waals surface area contributed by atoms with E-state index in [1.165, 1.54) is 4.90 Å². The predicted octanol–water partition coefficient (Wildman–Crippen LogP) is 4.73. The molecule has 1 atom stereocenters. The summed E-state index contributed by atoms with van der Waals surface area (Å²) in [6.07, 6.45) is 1.45. The summed E-state index contributed by atoms with van der Waals surface area (Å²) in [5, 5.41) is 14.9. The van der Waals surface area contributed by atoms with Crippen molar-refractivity contribution in [1.29, 1.82) is 0 Å². The van der Waals surface area contributed by atoms with E-state index in [1.807, 2.05) is 24.3 Å². The number of benzene rings is 2. The number of nitrogens with zero attached hydrogens (tertiary/aromatic N) is 3. The first-order valence-electron chi connectivity index (χ1n) is 12.4. The van der Waals surface area contributed by atoms with E-state index in [0.717, 1.165) is 12.8 Å². The van der Waals surface area contributed by atoms with Crippen molar-refractivity contribution in [3.8, 4) is 17.1 Å². The van der Waals surface area contributed by atoms with Crippen molar-refractivity contribution in [3.63, 3.8) is 0 Å². The Kier molecular flexibility index (Phi) is 6.80. The fourth-order valence-electron chi connectivity index (χ4n) is 4.70. The van der Waals surface area contributed by atoms with Crippen molar-refractivity contribution < 1.29 is 28.7 Å². The summed E-state index contributed by atoms with van der Waals surface area (Å²) >= 11 is 0. The van der Waals surface area contributed by atoms with Gasteiger partial charge in [-0.05, 0) is 30.3 Å². The summed E-state index contributed by atoms with van der Waals surface area (Å²) in [6.45, 7) is 6.44. The van der Waals surface area contributed by atoms with Crippen LogP contribution in [0.1, 0.15) is 44.2 Å². The Balaban J connectivity index is 1.57. The highest BCUT2D eigenvalue weighted by atomic mass is 16.5. The Hall–Kier alpha value is -3.98. The third-order valence-corrected chi connectivity index (χ3v) is 6.60. The lowest BCUT2D eigenvalue weighted by molar-refractivity contribution is -0.119. The predicted molar refractivity (Wildman–Crippen MR) is 135 cm³/mol. The third-order valence-electron chi connectivity index (χ3n) is 6.60. The molecule has 1 unspecified atom stereocenters. The summed E-state index contributed by atoms with van der Waals surface area (Å²) in [4.78, 5) is 32.5. The van der Waals surface area contributed by atoms with Gasteiger partial charge in [0.15, 0.2) is 11.5 Å². The summed E-state index contributed by atoms with van der Waals surface area (Å²) in [6, 6.07) is 13.5. The van der Waals surface area contributed by atoms with Crippen LogP contribution in [0.3, 0.4) is 0 Å². The van der Waals surface area contributed by atoms with Crippen LogP contribution >= 0.6 is 0 Å². The van der Waals surface area contributed by atoms with Crippen molar-refractivity contribution in [2.75, 3.05) is 18.1 Å². The first kappa shape index (κ1) is 24.7. The number of Topliss-reactive ketones (excluding diaryl/α,β-unsaturated/α-hetero) is 1. The van der Waals surface area contributed by atoms with Gasteiger partial charge in [-0.1, -0.05) is 37.2 Å². The molecule has 2 aliphatic rings. The molecule has 192 valence electrons. The molecule has 0 spiro atoms. The lowest BCUT2D eigenvalue weighted by Gasteiger charge is -2.30. The Labute approximate surface area is 214 Å². The topological polar surface area (TPSA) is 115 Å². The molecule has 2 aromatic carbocycles. The number of anilines is 1. The maximum Gasteiger partial charge on any atom is 0.294 e. The Morgan fingerprint density at radius 1 is 1.11 bits per heavy atom. The molecule has 0 bridgehead atoms. The van der Waals surface area contributed by atoms with Gasteiger partial charge in [0.1, 0.15) is 11.9 Å². The Morgan fingerprint density at radius 3 is 2.46 bits per heavy atom. The molecule has 0 radical (unpaired) electrons. The number of hydrogen-bond donors (Lipinski definition) is 1. The smallest absolute Gasteiger partial charge is 0.294 e. The molecular weight excluding hydrogens is 474 g/mol. The largest absolute Gasteiger partial charge is 0.503 e. The first-order valence-corrected chi connectivity index (χ1v) is 12.4. The van der Waals surface area contributed by atoms with Gasteiger partial charge in [-0.15, -0.1) is 0 Å². The standard InChI is InChI=1S/C28H29N3O6/c1-16(2)25(32)23-24(21-6-4-5-7-22(21)36-20-12-14-35-15-13-20)31(28(34)26(23)33)19-10-8-18(9-11-19)27-29-17(3)37-30-27/h4-11,16,20,24,33H,12-15H2,1-3H3. The molecule has 0 aliphatic carbocycles. The SMILES string of the molecule is Cc1nc(-c2ccc(N3C(=O)C(O)=C(C(=O)C(C)C)C3c3ccccc3OC3CCOCC3)cc2)no1. The average molecular weight is 504 g/mol. The molecular formula is C28H29N3O6. The fourth-order valence-corrected chi connectivity index (χ4v) is 4.70. The van der Waals surface area contributed by atoms with Crippen LogP contribution in [-0.2, 0) is 14.3 Å². The Morgan fingerprint density at radius 2 is 1.81 bits per heavy atom. The quantitative estimate of drug-likeness (QED) is 0.492. The van der Waals surface area contributed by atoms with Gasteiger partial charge in [0, 0.05) is 42.5 Å². The molecule has 37 heavy (non-hydrogen) atoms. The zero-order valence-electron chi connectivity index (χ0n) is 21.0. The minimum atomic E-state index is -0.850. The van der Waals surface area contributed by atoms with Crippen molar-refractivity contribution in [2.45, 2.75) is 45.8 Å². The highest BCUT2D eigenvalue weighted by Gasteiger charge is 2.46. The van der Waals surface area contributed by atoms with Crippen molar-refractivity contribution in [3.05, 3.63) is 71.3 Å². The summed E-state index contributed by atoms with van der Waals surface area (Å²) in [5.41, 5.74) is 1.93. The van der Waals surface area contributed by atoms with Crippen LogP contribution in [0.2, 0.25) is 0 Å². The zero-order chi connectivity index (χ0) is 26.1. The van der Waals surface area contributed by atoms with Crippen molar-refractivity contribution >= 4 is 17.4 Å². The number of aliphatic hydroxyl groups is 1. The minimum absolute atomic E-state index is 0.0417. The normalized spacial score (nSPS) is 18.6. The molecule has 1 N–H and O–H groups in total. The van der Waals surface area contributed by atoms with Gasteiger partial charge in [-0.3, -0.25) is 14.5 Å². The van der Waals surface area contributed by atoms with E-state index in [1.54, 1.807) is 45.0 Å². The molecule has 0 saturated carbocycles. The monoisotopic (exact) mass is 503 g/mol. The molecule has 5 rings (SSSR count). The fraction of sp³-hybridized carbons (Fsp3) is 0.357. The molecule has 1 aromatic heterocycles. The van der Waals surface area contributed by atoms with Gasteiger partial charge in [0.25, 0.3) is 5.91 Å². The number of amides is 1. The maximum absolute atomic E-state index is 13.5. The lowest BCUT2D eigenvalue weighted by atomic mass is 9.90. The number of aromatic nitrogens is 2. The zero-order valence-corrected chi connectivity index (χ0v) is 21.0. The van der Waals surface area contributed by atoms with Crippen LogP contribution < -0.4 is 9.64 Å². The molecule has 3 heterocycles. The number of rotatable bonds is 7. The second kappa shape index (κ2) is 10.2. The van der Waals surface area contributed by atoms with E-state index in [4.69, 9.17) is 14.0 Å². The van der Waals surface area contributed by atoms with Crippen molar-refractivity contribution in [2.24, 2.45) is 5.92 Å². The van der Waals surface area contributed by atoms with Crippen LogP contribution in [0.4, 0.5) is 5.69 Å². The number of aryl methyl sites for hydroxylation is 1. The van der Waals surface area contributed by atoms with Gasteiger partial charge < -0.3 is 19.1 Å². The van der Waals surface area contributed by atoms with Gasteiger partial charge in [0.2, 0.25) is 11.7 Å². The summed E-state index contributed by atoms with van der Waals surface area (Å²) in [7, 11) is 0. The molecule has 1 fully saturated rings. The van der Waals surface area contributed by atoms with E-state index in [2.05, 4.69) is 10.1 Å². The molecule has 9 nitrogen and oxygen atoms in total. The van der Waals surface area contributed by atoms with Crippen molar-refractivity contribution in [1.82, 2.24) is 10.1 Å². The van der Waals surface area contributed by atoms with Crippen LogP contribution in [0.25, 0.3) is 11.4 Å². The number of aliphatic hydroxyl groups excluding tert-OH is 1. The number of carbonyl (C=O) groups excluding carboxylic acids is 2. The van der Waals surface area contributed by atoms with Crippen LogP contribution in [0.15, 0.2) is 64.4 Å². The second-order valence-electron chi connectivity index (χ2n) is 9.51. The number of ether oxygens (including phenoxy) is 2. The maximum atomic E-state index is 13.5. The van der Waals surface area contributed by atoms with Gasteiger partial charge >= 0.3 is 0 Å². The van der Waals surface area contributed by atoms with Gasteiger partial charge in [-0.2, -0.15) is 4.98 Å². The van der Waals surface area contributed by atoms with E-state index in [9.17, 15) is 14.7 Å². The van der Waals surface area contributed by atoms with Crippen LogP contribution in [0, 0.1) is 12.8 Å². The van der Waals surface area contributed by atoms with E-state index in [0.29, 0.717) is 47.5 Å². The van der Waals surface area contributed by atoms with Gasteiger partial charge in [-0.25, -0.2) is 0 Å². The molecule has 9 heteroatoms. The van der Waals surface area contributed by atoms with Crippen LogP contribution in [0.5, 0.6) is 5.75 Å². The number of hydrogen-bond acceptors (Lipinski definition) is 8. The van der Waals surface area contributed by atoms with E-state index >= 15 is 0 Å². The Bertz CT molecular complexity index is 1340. The molecule has 3 aromatic rings. The van der Waals surface area contributed by atoms with E-state index < -0.39 is 23.6 Å². The lowest BCUT2D eigenvalue weighted by Crippen LogP contribution is -2.32. The molecule has 2 aliphatic heterocycles. The first-order chi connectivity index (χ1) is 17.8. The molecule has 1 saturated heterocycles. The summed E-state index contributed by atoms with van der Waals surface area (Å²) < 4.78 is 16.9. The van der Waals surface area contributed by atoms with Gasteiger partial charge in [0.05, 0.1) is 24.8 Å². The minimum Gasteiger partial charge on any atom is -0.503 e.